The zero-order valence-electron chi connectivity index (χ0n) is 20.3. The summed E-state index contributed by atoms with van der Waals surface area (Å²) in [5.41, 5.74) is 4.94. The van der Waals surface area contributed by atoms with Crippen LogP contribution < -0.4 is 0 Å². The Morgan fingerprint density at radius 1 is 0.971 bits per heavy atom. The number of hydrogen-bond acceptors (Lipinski definition) is 4. The highest BCUT2D eigenvalue weighted by Crippen LogP contribution is 2.42. The molecule has 0 bridgehead atoms. The van der Waals surface area contributed by atoms with Crippen molar-refractivity contribution in [2.24, 2.45) is 0 Å². The normalized spacial score (nSPS) is 21.1. The van der Waals surface area contributed by atoms with E-state index < -0.39 is 6.09 Å². The number of carbonyl (C=O) groups excluding carboxylic acids is 2. The number of likely N-dealkylation sites (tertiary alicyclic amines) is 1. The quantitative estimate of drug-likeness (QED) is 0.453. The SMILES string of the molecule is CN(Cc1cccc2c1CC[C@H]1[C@@H]2CCN1CCCCCN1C(=O)c2ccccc2C1=O)C(=O)O. The zero-order chi connectivity index (χ0) is 24.5. The van der Waals surface area contributed by atoms with Crippen LogP contribution in [-0.4, -0.2) is 70.4 Å². The summed E-state index contributed by atoms with van der Waals surface area (Å²) in [6, 6.07) is 14.0. The monoisotopic (exact) mass is 475 g/mol. The molecule has 7 heteroatoms. The van der Waals surface area contributed by atoms with E-state index in [2.05, 4.69) is 23.1 Å². The lowest BCUT2D eigenvalue weighted by Gasteiger charge is -2.34. The number of imide groups is 1. The van der Waals surface area contributed by atoms with Gasteiger partial charge in [-0.25, -0.2) is 4.79 Å². The lowest BCUT2D eigenvalue weighted by molar-refractivity contribution is 0.0651. The van der Waals surface area contributed by atoms with Gasteiger partial charge in [-0.05, 0) is 74.0 Å². The van der Waals surface area contributed by atoms with E-state index >= 15 is 0 Å². The van der Waals surface area contributed by atoms with Crippen LogP contribution in [-0.2, 0) is 13.0 Å². The van der Waals surface area contributed by atoms with E-state index in [-0.39, 0.29) is 11.8 Å². The lowest BCUT2D eigenvalue weighted by Crippen LogP contribution is -2.36. The van der Waals surface area contributed by atoms with E-state index in [1.54, 1.807) is 31.3 Å². The van der Waals surface area contributed by atoms with Crippen LogP contribution in [0.4, 0.5) is 4.79 Å². The number of carbonyl (C=O) groups is 3. The molecule has 0 aromatic heterocycles. The number of benzene rings is 2. The third-order valence-electron chi connectivity index (χ3n) is 8.00. The molecule has 3 aliphatic rings. The number of amides is 3. The van der Waals surface area contributed by atoms with Gasteiger partial charge in [0.1, 0.15) is 0 Å². The number of hydrogen-bond donors (Lipinski definition) is 1. The van der Waals surface area contributed by atoms with Gasteiger partial charge >= 0.3 is 6.09 Å². The maximum absolute atomic E-state index is 12.5. The Morgan fingerprint density at radius 2 is 1.69 bits per heavy atom. The van der Waals surface area contributed by atoms with Gasteiger partial charge < -0.3 is 10.0 Å². The van der Waals surface area contributed by atoms with E-state index in [1.165, 1.54) is 20.9 Å². The molecule has 1 saturated heterocycles. The first-order valence-electron chi connectivity index (χ1n) is 12.7. The van der Waals surface area contributed by atoms with Gasteiger partial charge in [-0.3, -0.25) is 19.4 Å². The molecule has 2 atom stereocenters. The van der Waals surface area contributed by atoms with Gasteiger partial charge in [-0.15, -0.1) is 0 Å². The molecule has 3 amide bonds. The van der Waals surface area contributed by atoms with Gasteiger partial charge in [0, 0.05) is 32.1 Å². The van der Waals surface area contributed by atoms with Crippen molar-refractivity contribution in [2.45, 2.75) is 57.0 Å². The van der Waals surface area contributed by atoms with Crippen LogP contribution in [0, 0.1) is 0 Å². The molecule has 0 saturated carbocycles. The Kier molecular flexibility index (Phi) is 6.60. The molecule has 5 rings (SSSR count). The van der Waals surface area contributed by atoms with Gasteiger partial charge in [-0.2, -0.15) is 0 Å². The topological polar surface area (TPSA) is 81.2 Å². The van der Waals surface area contributed by atoms with Gasteiger partial charge in [0.2, 0.25) is 0 Å². The van der Waals surface area contributed by atoms with Crippen LogP contribution in [0.5, 0.6) is 0 Å². The second-order valence-electron chi connectivity index (χ2n) is 10.0. The molecule has 1 aliphatic carbocycles. The first kappa shape index (κ1) is 23.5. The molecule has 0 radical (unpaired) electrons. The Morgan fingerprint density at radius 3 is 2.40 bits per heavy atom. The molecule has 1 fully saturated rings. The van der Waals surface area contributed by atoms with E-state index in [0.717, 1.165) is 57.2 Å². The van der Waals surface area contributed by atoms with Gasteiger partial charge in [0.25, 0.3) is 11.8 Å². The molecule has 0 spiro atoms. The van der Waals surface area contributed by atoms with Crippen LogP contribution in [0.1, 0.15) is 75.4 Å². The summed E-state index contributed by atoms with van der Waals surface area (Å²) in [6.45, 7) is 3.05. The number of rotatable bonds is 8. The predicted octanol–water partition coefficient (Wildman–Crippen LogP) is 4.37. The van der Waals surface area contributed by atoms with Gasteiger partial charge in [-0.1, -0.05) is 36.8 Å². The summed E-state index contributed by atoms with van der Waals surface area (Å²) in [6.07, 6.45) is 5.23. The van der Waals surface area contributed by atoms with Crippen molar-refractivity contribution in [3.63, 3.8) is 0 Å². The fourth-order valence-electron chi connectivity index (χ4n) is 6.22. The van der Waals surface area contributed by atoms with Crippen molar-refractivity contribution in [3.05, 3.63) is 70.3 Å². The van der Waals surface area contributed by atoms with Gasteiger partial charge in [0.05, 0.1) is 11.1 Å². The van der Waals surface area contributed by atoms with Crippen molar-refractivity contribution in [1.29, 1.82) is 0 Å². The molecular formula is C28H33N3O4. The zero-order valence-corrected chi connectivity index (χ0v) is 20.3. The summed E-state index contributed by atoms with van der Waals surface area (Å²) < 4.78 is 0. The lowest BCUT2D eigenvalue weighted by atomic mass is 9.77. The highest BCUT2D eigenvalue weighted by atomic mass is 16.4. The summed E-state index contributed by atoms with van der Waals surface area (Å²) in [5, 5.41) is 9.26. The Hall–Kier alpha value is -3.19. The van der Waals surface area contributed by atoms with Crippen molar-refractivity contribution < 1.29 is 19.5 Å². The largest absolute Gasteiger partial charge is 0.465 e. The van der Waals surface area contributed by atoms with Crippen molar-refractivity contribution in [3.8, 4) is 0 Å². The first-order chi connectivity index (χ1) is 17.0. The summed E-state index contributed by atoms with van der Waals surface area (Å²) in [4.78, 5) is 41.7. The molecule has 184 valence electrons. The first-order valence-corrected chi connectivity index (χ1v) is 12.7. The molecular weight excluding hydrogens is 442 g/mol. The van der Waals surface area contributed by atoms with E-state index in [4.69, 9.17) is 0 Å². The minimum absolute atomic E-state index is 0.164. The minimum atomic E-state index is -0.897. The Balaban J connectivity index is 1.12. The van der Waals surface area contributed by atoms with Crippen molar-refractivity contribution in [1.82, 2.24) is 14.7 Å². The second-order valence-corrected chi connectivity index (χ2v) is 10.0. The Labute approximate surface area is 206 Å². The third kappa shape index (κ3) is 4.45. The van der Waals surface area contributed by atoms with Crippen LogP contribution in [0.25, 0.3) is 0 Å². The van der Waals surface area contributed by atoms with E-state index in [9.17, 15) is 19.5 Å². The number of fused-ring (bicyclic) bond motifs is 4. The maximum atomic E-state index is 12.5. The smallest absolute Gasteiger partial charge is 0.407 e. The number of nitrogens with zero attached hydrogens (tertiary/aromatic N) is 3. The molecule has 2 aromatic carbocycles. The van der Waals surface area contributed by atoms with Crippen LogP contribution in [0.3, 0.4) is 0 Å². The fourth-order valence-corrected chi connectivity index (χ4v) is 6.22. The maximum Gasteiger partial charge on any atom is 0.407 e. The summed E-state index contributed by atoms with van der Waals surface area (Å²) >= 11 is 0. The standard InChI is InChI=1S/C28H33N3O4/c1-29(28(34)35)18-19-8-7-11-21-20(19)12-13-25-22(21)14-17-30(25)15-5-2-6-16-31-26(32)23-9-3-4-10-24(23)27(31)33/h3-4,7-11,22,25H,2,5-6,12-18H2,1H3,(H,34,35)/t22-,25+/m1/s1. The average Bonchev–Trinajstić information content (AvgIpc) is 3.38. The van der Waals surface area contributed by atoms with Gasteiger partial charge in [0.15, 0.2) is 0 Å². The number of unbranched alkanes of at least 4 members (excludes halogenated alkanes) is 2. The summed E-state index contributed by atoms with van der Waals surface area (Å²) in [7, 11) is 1.62. The van der Waals surface area contributed by atoms with E-state index in [1.807, 2.05) is 0 Å². The molecule has 2 aromatic rings. The molecule has 2 heterocycles. The number of carboxylic acid groups (broad SMARTS) is 1. The molecule has 35 heavy (non-hydrogen) atoms. The van der Waals surface area contributed by atoms with Crippen molar-refractivity contribution in [2.75, 3.05) is 26.7 Å². The van der Waals surface area contributed by atoms with Crippen LogP contribution in [0.15, 0.2) is 42.5 Å². The molecule has 2 aliphatic heterocycles. The third-order valence-corrected chi connectivity index (χ3v) is 8.00. The molecule has 7 nitrogen and oxygen atoms in total. The van der Waals surface area contributed by atoms with Crippen molar-refractivity contribution >= 4 is 17.9 Å². The predicted molar refractivity (Wildman–Crippen MR) is 133 cm³/mol. The summed E-state index contributed by atoms with van der Waals surface area (Å²) in [5.74, 6) is 0.192. The fraction of sp³-hybridized carbons (Fsp3) is 0.464. The Bertz CT molecular complexity index is 1110. The van der Waals surface area contributed by atoms with Crippen LogP contribution >= 0.6 is 0 Å². The van der Waals surface area contributed by atoms with Crippen LogP contribution in [0.2, 0.25) is 0 Å². The minimum Gasteiger partial charge on any atom is -0.465 e. The van der Waals surface area contributed by atoms with E-state index in [0.29, 0.717) is 36.2 Å². The highest BCUT2D eigenvalue weighted by Gasteiger charge is 2.39. The highest BCUT2D eigenvalue weighted by molar-refractivity contribution is 6.21. The molecule has 0 unspecified atom stereocenters. The second kappa shape index (κ2) is 9.82. The molecule has 1 N–H and O–H groups in total. The average molecular weight is 476 g/mol.